The van der Waals surface area contributed by atoms with Crippen molar-refractivity contribution in [3.8, 4) is 23.0 Å². The number of carboxylic acids is 1. The van der Waals surface area contributed by atoms with Crippen LogP contribution in [-0.4, -0.2) is 154 Å². The lowest BCUT2D eigenvalue weighted by molar-refractivity contribution is 0.0595. The van der Waals surface area contributed by atoms with Gasteiger partial charge in [-0.2, -0.15) is 20.4 Å². The fraction of sp³-hybridized carbons (Fsp3) is 0.160. The molecule has 0 aliphatic heterocycles. The van der Waals surface area contributed by atoms with E-state index in [0.29, 0.717) is 118 Å². The van der Waals surface area contributed by atoms with Gasteiger partial charge in [0.2, 0.25) is 0 Å². The summed E-state index contributed by atoms with van der Waals surface area (Å²) in [5.41, 5.74) is 11.6. The van der Waals surface area contributed by atoms with Crippen LogP contribution < -0.4 is 29.6 Å². The molecule has 7 N–H and O–H groups in total. The summed E-state index contributed by atoms with van der Waals surface area (Å²) in [6.07, 6.45) is 24.6. The summed E-state index contributed by atoms with van der Waals surface area (Å²) in [5, 5.41) is 46.6. The third-order valence-corrected chi connectivity index (χ3v) is 17.0. The molecule has 1 fully saturated rings. The highest BCUT2D eigenvalue weighted by atomic mass is 16.5. The Kier molecular flexibility index (Phi) is 24.3. The molecule has 1 saturated carbocycles. The Labute approximate surface area is 626 Å². The number of methoxy groups -OCH3 is 5. The molecule has 0 spiro atoms. The third-order valence-electron chi connectivity index (χ3n) is 17.0. The number of carbonyl (C=O) groups is 8. The summed E-state index contributed by atoms with van der Waals surface area (Å²) >= 11 is 0. The quantitative estimate of drug-likeness (QED) is 0.0231. The Bertz CT molecular complexity index is 5730. The van der Waals surface area contributed by atoms with E-state index in [0.717, 1.165) is 46.2 Å². The largest absolute Gasteiger partial charge is 0.495 e. The lowest BCUT2D eigenvalue weighted by Crippen LogP contribution is -2.25. The maximum Gasteiger partial charge on any atom is 0.341 e. The minimum absolute atomic E-state index is 0.0681. The predicted molar refractivity (Wildman–Crippen MR) is 412 cm³/mol. The van der Waals surface area contributed by atoms with Gasteiger partial charge in [0.05, 0.1) is 126 Å². The van der Waals surface area contributed by atoms with Crippen molar-refractivity contribution in [3.63, 3.8) is 0 Å². The highest BCUT2D eigenvalue weighted by Crippen LogP contribution is 2.37. The van der Waals surface area contributed by atoms with Crippen molar-refractivity contribution in [1.82, 2.24) is 71.4 Å². The predicted octanol–water partition coefficient (Wildman–Crippen LogP) is 13.3. The van der Waals surface area contributed by atoms with Gasteiger partial charge in [0.15, 0.2) is 23.1 Å². The SMILES string of the molecule is COC(=O)c1ccc2n[nH]c(/C=C/c3ccc(C(C)=O)nc3)c2c1OC.COc1c(C(=O)NC2CC2)ccc2n[nH]c(/C=C/c3ccc(C(C)=O)nc3)c12.COc1c(C(=O)NCc2ccco2)ccc2n[nH]c(/C=C/c3ccc(C(C)=O)nc3)c12.COc1c(C(=O)O)ccc2n[nH]c(/C=C/c3ccc(C(C)=O)nc3)c12. The highest BCUT2D eigenvalue weighted by Gasteiger charge is 2.28. The Morgan fingerprint density at radius 3 is 1.05 bits per heavy atom. The maximum absolute atomic E-state index is 12.7. The van der Waals surface area contributed by atoms with Gasteiger partial charge in [0.25, 0.3) is 11.8 Å². The van der Waals surface area contributed by atoms with Crippen LogP contribution in [0.1, 0.15) is 175 Å². The van der Waals surface area contributed by atoms with E-state index in [2.05, 4.69) is 71.4 Å². The highest BCUT2D eigenvalue weighted by molar-refractivity contribution is 6.08. The lowest BCUT2D eigenvalue weighted by atomic mass is 10.1. The molecule has 0 atom stereocenters. The molecule has 9 heterocycles. The molecule has 14 rings (SSSR count). The number of amides is 2. The molecule has 2 amide bonds. The van der Waals surface area contributed by atoms with Crippen molar-refractivity contribution >= 4 is 139 Å². The zero-order valence-corrected chi connectivity index (χ0v) is 60.8. The number of aromatic amines is 4. The monoisotopic (exact) mass is 1480 g/mol. The number of carbonyl (C=O) groups excluding carboxylic acids is 7. The molecular formula is C81H72N14O15. The van der Waals surface area contributed by atoms with Crippen LogP contribution in [0.4, 0.5) is 0 Å². The van der Waals surface area contributed by atoms with Gasteiger partial charge in [-0.3, -0.25) is 69.1 Å². The smallest absolute Gasteiger partial charge is 0.341 e. The minimum Gasteiger partial charge on any atom is -0.495 e. The molecule has 13 aromatic rings. The lowest BCUT2D eigenvalue weighted by Gasteiger charge is -2.10. The number of Topliss-reactive ketones (excluding diaryl/α,β-unsaturated/α-hetero) is 4. The molecule has 0 radical (unpaired) electrons. The number of carboxylic acid groups (broad SMARTS) is 1. The van der Waals surface area contributed by atoms with Crippen LogP contribution in [0, 0.1) is 0 Å². The van der Waals surface area contributed by atoms with Crippen LogP contribution in [0.25, 0.3) is 92.2 Å². The van der Waals surface area contributed by atoms with Crippen molar-refractivity contribution in [3.05, 3.63) is 236 Å². The van der Waals surface area contributed by atoms with Crippen LogP contribution in [0.5, 0.6) is 23.0 Å². The number of aromatic carboxylic acids is 1. The van der Waals surface area contributed by atoms with Gasteiger partial charge in [-0.25, -0.2) is 9.59 Å². The number of hydrogen-bond acceptors (Lipinski definition) is 22. The summed E-state index contributed by atoms with van der Waals surface area (Å²) in [6.45, 7) is 6.16. The maximum atomic E-state index is 12.7. The zero-order valence-electron chi connectivity index (χ0n) is 60.8. The van der Waals surface area contributed by atoms with E-state index in [-0.39, 0.29) is 58.8 Å². The Hall–Kier alpha value is -14.6. The number of H-pyrrole nitrogens is 4. The second-order valence-corrected chi connectivity index (χ2v) is 24.5. The first-order chi connectivity index (χ1) is 53.2. The minimum atomic E-state index is -1.07. The number of pyridine rings is 4. The van der Waals surface area contributed by atoms with Crippen molar-refractivity contribution in [1.29, 1.82) is 0 Å². The van der Waals surface area contributed by atoms with Crippen molar-refractivity contribution in [2.75, 3.05) is 35.5 Å². The normalized spacial score (nSPS) is 11.8. The van der Waals surface area contributed by atoms with Gasteiger partial charge in [-0.1, -0.05) is 48.6 Å². The molecule has 29 heteroatoms. The number of furan rings is 1. The fourth-order valence-corrected chi connectivity index (χ4v) is 11.3. The number of ether oxygens (including phenoxy) is 5. The summed E-state index contributed by atoms with van der Waals surface area (Å²) in [4.78, 5) is 110. The first kappa shape index (κ1) is 76.5. The van der Waals surface area contributed by atoms with Crippen LogP contribution in [0.3, 0.4) is 0 Å². The number of rotatable bonds is 23. The Morgan fingerprint density at radius 1 is 0.427 bits per heavy atom. The first-order valence-electron chi connectivity index (χ1n) is 33.9. The van der Waals surface area contributed by atoms with E-state index in [1.807, 2.05) is 48.6 Å². The molecule has 0 unspecified atom stereocenters. The van der Waals surface area contributed by atoms with Crippen LogP contribution in [0.15, 0.2) is 145 Å². The van der Waals surface area contributed by atoms with E-state index >= 15 is 0 Å². The zero-order chi connectivity index (χ0) is 78.1. The molecule has 0 bridgehead atoms. The molecule has 1 aliphatic carbocycles. The fourth-order valence-electron chi connectivity index (χ4n) is 11.3. The molecule has 110 heavy (non-hydrogen) atoms. The van der Waals surface area contributed by atoms with E-state index in [4.69, 9.17) is 28.1 Å². The van der Waals surface area contributed by atoms with E-state index < -0.39 is 11.9 Å². The van der Waals surface area contributed by atoms with Gasteiger partial charge < -0.3 is 43.8 Å². The van der Waals surface area contributed by atoms with E-state index in [9.17, 15) is 43.5 Å². The van der Waals surface area contributed by atoms with Gasteiger partial charge in [-0.15, -0.1) is 0 Å². The van der Waals surface area contributed by atoms with E-state index in [1.54, 1.807) is 141 Å². The van der Waals surface area contributed by atoms with Gasteiger partial charge in [-0.05, 0) is 144 Å². The van der Waals surface area contributed by atoms with Gasteiger partial charge >= 0.3 is 11.9 Å². The number of fused-ring (bicyclic) bond motifs is 4. The number of benzene rings is 4. The molecule has 4 aromatic carbocycles. The number of esters is 1. The summed E-state index contributed by atoms with van der Waals surface area (Å²) in [6, 6.07) is 31.1. The average Bonchev–Trinajstić information content (AvgIpc) is 1.63. The van der Waals surface area contributed by atoms with Crippen LogP contribution in [0.2, 0.25) is 0 Å². The topological polar surface area (TPSA) is 406 Å². The second kappa shape index (κ2) is 35.0. The third kappa shape index (κ3) is 18.0. The van der Waals surface area contributed by atoms with Crippen LogP contribution >= 0.6 is 0 Å². The molecule has 9 aromatic heterocycles. The second-order valence-electron chi connectivity index (χ2n) is 24.5. The summed E-state index contributed by atoms with van der Waals surface area (Å²) < 4.78 is 31.9. The summed E-state index contributed by atoms with van der Waals surface area (Å²) in [7, 11) is 7.30. The molecule has 29 nitrogen and oxygen atoms in total. The number of ketones is 4. The molecule has 556 valence electrons. The number of hydrogen-bond donors (Lipinski definition) is 7. The van der Waals surface area contributed by atoms with E-state index in [1.165, 1.54) is 62.2 Å². The average molecular weight is 1480 g/mol. The molecule has 1 aliphatic rings. The van der Waals surface area contributed by atoms with Crippen molar-refractivity contribution in [2.24, 2.45) is 0 Å². The number of aromatic nitrogens is 12. The number of nitrogens with zero attached hydrogens (tertiary/aromatic N) is 8. The Morgan fingerprint density at radius 2 is 0.755 bits per heavy atom. The van der Waals surface area contributed by atoms with Gasteiger partial charge in [0.1, 0.15) is 62.7 Å². The standard InChI is InChI=1S/C23H20N4O4.C21H20N4O3.C19H17N3O4.C18H15N3O4/c1-14(28)18-8-5-15(12-24-18)6-9-19-21-20(27-26-19)10-7-17(22(21)30-2)23(29)25-13-16-4-3-11-31-16;1-12(26)16-8-3-13(11-22-16)4-9-17-19-18(25-24-17)10-7-15(20(19)28-2)21(27)23-14-5-6-14;1-11(23)14-7-4-12(10-20-14)5-8-15-17-16(22-21-15)9-6-13(18(17)25-2)19(24)26-3;1-10(22)13-6-3-11(9-19-13)4-7-14-16-15(21-20-14)8-5-12(18(23)24)17(16)25-2/h3-12H,13H2,1-2H3,(H,25,29)(H,26,27);3-4,7-11,14H,5-6H2,1-2H3,(H,23,27)(H,24,25);4-10H,1-3H3,(H,21,22);3-9H,1-2H3,(H,20,21)(H,23,24)/b9-6+;9-4+;8-5+;7-4+. The molecule has 0 saturated heterocycles. The van der Waals surface area contributed by atoms with Gasteiger partial charge in [0, 0.05) is 58.5 Å². The first-order valence-corrected chi connectivity index (χ1v) is 33.9. The Balaban J connectivity index is 0.000000146. The van der Waals surface area contributed by atoms with Crippen molar-refractivity contribution < 1.29 is 71.6 Å². The number of nitrogens with one attached hydrogen (secondary N) is 6. The van der Waals surface area contributed by atoms with Crippen LogP contribution in [-0.2, 0) is 11.3 Å². The van der Waals surface area contributed by atoms with Crippen molar-refractivity contribution in [2.45, 2.75) is 53.1 Å². The summed E-state index contributed by atoms with van der Waals surface area (Å²) in [5.74, 6) is -0.0850. The molecular weight excluding hydrogens is 1410 g/mol.